The highest BCUT2D eigenvalue weighted by Gasteiger charge is 2.60. The standard InChI is InChI=1S/C29H25N3O4/c1-17(33)18-9-8-10-19(15-18)32-27(34)29(2)26-25(21-12-4-6-13-23(21)30-26)22(16-31(29)28(32)35)20-11-5-7-14-24(20)36-3/h4-15,22,30H,16H2,1-3H3/t22?,29-/m0/s1. The zero-order valence-electron chi connectivity index (χ0n) is 20.2. The molecule has 2 aliphatic heterocycles. The summed E-state index contributed by atoms with van der Waals surface area (Å²) in [5, 5.41) is 1.02. The maximum absolute atomic E-state index is 14.1. The molecule has 0 saturated carbocycles. The summed E-state index contributed by atoms with van der Waals surface area (Å²) in [4.78, 5) is 46.3. The number of methoxy groups -OCH3 is 1. The number of Topliss-reactive ketones (excluding diaryl/α,β-unsaturated/α-hetero) is 1. The number of benzene rings is 3. The highest BCUT2D eigenvalue weighted by Crippen LogP contribution is 2.51. The highest BCUT2D eigenvalue weighted by molar-refractivity contribution is 6.24. The van der Waals surface area contributed by atoms with Crippen molar-refractivity contribution in [1.29, 1.82) is 0 Å². The van der Waals surface area contributed by atoms with E-state index in [4.69, 9.17) is 4.74 Å². The van der Waals surface area contributed by atoms with Gasteiger partial charge in [-0.05, 0) is 43.7 Å². The zero-order chi connectivity index (χ0) is 25.2. The molecule has 1 aromatic heterocycles. The topological polar surface area (TPSA) is 82.7 Å². The van der Waals surface area contributed by atoms with E-state index in [-0.39, 0.29) is 17.6 Å². The van der Waals surface area contributed by atoms with E-state index in [9.17, 15) is 14.4 Å². The van der Waals surface area contributed by atoms with Crippen LogP contribution in [0.3, 0.4) is 0 Å². The Hall–Kier alpha value is -4.39. The third kappa shape index (κ3) is 2.89. The van der Waals surface area contributed by atoms with E-state index in [0.29, 0.717) is 23.5 Å². The van der Waals surface area contributed by atoms with Gasteiger partial charge in [-0.3, -0.25) is 9.59 Å². The van der Waals surface area contributed by atoms with E-state index in [1.165, 1.54) is 11.8 Å². The van der Waals surface area contributed by atoms with Crippen LogP contribution in [0, 0.1) is 0 Å². The number of amides is 3. The smallest absolute Gasteiger partial charge is 0.332 e. The lowest BCUT2D eigenvalue weighted by atomic mass is 9.78. The van der Waals surface area contributed by atoms with E-state index < -0.39 is 11.6 Å². The molecule has 3 amide bonds. The van der Waals surface area contributed by atoms with Crippen molar-refractivity contribution < 1.29 is 19.1 Å². The van der Waals surface area contributed by atoms with E-state index in [1.54, 1.807) is 43.2 Å². The average molecular weight is 480 g/mol. The first-order valence-corrected chi connectivity index (χ1v) is 11.9. The number of H-pyrrole nitrogens is 1. The molecule has 36 heavy (non-hydrogen) atoms. The largest absolute Gasteiger partial charge is 0.496 e. The van der Waals surface area contributed by atoms with Crippen molar-refractivity contribution in [2.24, 2.45) is 0 Å². The summed E-state index contributed by atoms with van der Waals surface area (Å²) in [6, 6.07) is 22.0. The van der Waals surface area contributed by atoms with Gasteiger partial charge >= 0.3 is 6.03 Å². The normalized spacial score (nSPS) is 21.0. The molecule has 3 aromatic carbocycles. The van der Waals surface area contributed by atoms with Crippen molar-refractivity contribution in [2.75, 3.05) is 18.6 Å². The second-order valence-electron chi connectivity index (χ2n) is 9.47. The highest BCUT2D eigenvalue weighted by atomic mass is 16.5. The molecule has 3 heterocycles. The number of ether oxygens (including phenoxy) is 1. The van der Waals surface area contributed by atoms with Crippen LogP contribution in [0.5, 0.6) is 5.75 Å². The number of nitrogens with one attached hydrogen (secondary N) is 1. The van der Waals surface area contributed by atoms with Crippen LogP contribution in [0.25, 0.3) is 10.9 Å². The molecule has 1 saturated heterocycles. The molecule has 2 atom stereocenters. The molecule has 7 nitrogen and oxygen atoms in total. The van der Waals surface area contributed by atoms with E-state index in [0.717, 1.165) is 27.8 Å². The van der Waals surface area contributed by atoms with Crippen LogP contribution in [-0.4, -0.2) is 41.3 Å². The summed E-state index contributed by atoms with van der Waals surface area (Å²) in [6.45, 7) is 3.57. The first-order chi connectivity index (χ1) is 17.4. The van der Waals surface area contributed by atoms with E-state index in [1.807, 2.05) is 48.5 Å². The number of rotatable bonds is 4. The van der Waals surface area contributed by atoms with Crippen LogP contribution in [-0.2, 0) is 10.3 Å². The van der Waals surface area contributed by atoms with Crippen molar-refractivity contribution >= 4 is 34.3 Å². The van der Waals surface area contributed by atoms with Crippen molar-refractivity contribution in [1.82, 2.24) is 9.88 Å². The summed E-state index contributed by atoms with van der Waals surface area (Å²) in [5.74, 6) is 0.0421. The fraction of sp³-hybridized carbons (Fsp3) is 0.207. The van der Waals surface area contributed by atoms with Gasteiger partial charge in [0.25, 0.3) is 5.91 Å². The van der Waals surface area contributed by atoms with E-state index >= 15 is 0 Å². The van der Waals surface area contributed by atoms with Crippen LogP contribution in [0.2, 0.25) is 0 Å². The quantitative estimate of drug-likeness (QED) is 0.322. The summed E-state index contributed by atoms with van der Waals surface area (Å²) < 4.78 is 5.69. The average Bonchev–Trinajstić information content (AvgIpc) is 3.38. The molecular formula is C29H25N3O4. The van der Waals surface area contributed by atoms with Crippen LogP contribution in [0.4, 0.5) is 10.5 Å². The third-order valence-electron chi connectivity index (χ3n) is 7.55. The van der Waals surface area contributed by atoms with Crippen LogP contribution in [0.15, 0.2) is 72.8 Å². The van der Waals surface area contributed by atoms with Crippen molar-refractivity contribution in [3.63, 3.8) is 0 Å². The number of urea groups is 1. The maximum atomic E-state index is 14.1. The van der Waals surface area contributed by atoms with Crippen LogP contribution < -0.4 is 9.64 Å². The summed E-state index contributed by atoms with van der Waals surface area (Å²) >= 11 is 0. The zero-order valence-corrected chi connectivity index (χ0v) is 20.2. The summed E-state index contributed by atoms with van der Waals surface area (Å²) in [6.07, 6.45) is 0. The molecule has 6 rings (SSSR count). The minimum atomic E-state index is -1.23. The lowest BCUT2D eigenvalue weighted by Gasteiger charge is -2.40. The minimum Gasteiger partial charge on any atom is -0.496 e. The van der Waals surface area contributed by atoms with Crippen LogP contribution in [0.1, 0.15) is 46.9 Å². The first-order valence-electron chi connectivity index (χ1n) is 11.9. The number of fused-ring (bicyclic) bond motifs is 5. The SMILES string of the molecule is COc1ccccc1C1CN2C(=O)N(c3cccc(C(C)=O)c3)C(=O)[C@]2(C)c2[nH]c3ccccc3c21. The number of carbonyl (C=O) groups is 3. The fourth-order valence-corrected chi connectivity index (χ4v) is 5.72. The number of nitrogens with zero attached hydrogens (tertiary/aromatic N) is 2. The van der Waals surface area contributed by atoms with Crippen molar-refractivity contribution in [3.05, 3.63) is 95.2 Å². The van der Waals surface area contributed by atoms with Crippen molar-refractivity contribution in [2.45, 2.75) is 25.3 Å². The van der Waals surface area contributed by atoms with Gasteiger partial charge in [0.15, 0.2) is 11.3 Å². The lowest BCUT2D eigenvalue weighted by molar-refractivity contribution is -0.125. The molecule has 0 aliphatic carbocycles. The van der Waals surface area contributed by atoms with Gasteiger partial charge in [0, 0.05) is 34.5 Å². The molecule has 7 heteroatoms. The summed E-state index contributed by atoms with van der Waals surface area (Å²) in [7, 11) is 1.64. The number of ketones is 1. The Morgan fingerprint density at radius 2 is 1.78 bits per heavy atom. The number of imide groups is 1. The predicted molar refractivity (Wildman–Crippen MR) is 137 cm³/mol. The number of aromatic amines is 1. The van der Waals surface area contributed by atoms with Crippen molar-refractivity contribution in [3.8, 4) is 5.75 Å². The van der Waals surface area contributed by atoms with Gasteiger partial charge in [-0.25, -0.2) is 9.69 Å². The Bertz CT molecular complexity index is 1570. The molecule has 1 N–H and O–H groups in total. The Balaban J connectivity index is 1.58. The number of hydrogen-bond donors (Lipinski definition) is 1. The fourth-order valence-electron chi connectivity index (χ4n) is 5.72. The van der Waals surface area contributed by atoms with Crippen LogP contribution >= 0.6 is 0 Å². The molecule has 1 fully saturated rings. The number of para-hydroxylation sites is 2. The number of carbonyl (C=O) groups excluding carboxylic acids is 3. The third-order valence-corrected chi connectivity index (χ3v) is 7.55. The molecule has 1 unspecified atom stereocenters. The van der Waals surface area contributed by atoms with E-state index in [2.05, 4.69) is 4.98 Å². The van der Waals surface area contributed by atoms with Gasteiger partial charge in [0.1, 0.15) is 5.75 Å². The Morgan fingerprint density at radius 1 is 1.03 bits per heavy atom. The molecule has 0 bridgehead atoms. The number of anilines is 1. The van der Waals surface area contributed by atoms with Gasteiger partial charge in [-0.15, -0.1) is 0 Å². The molecule has 0 radical (unpaired) electrons. The van der Waals surface area contributed by atoms with Gasteiger partial charge in [-0.2, -0.15) is 0 Å². The Kier molecular flexibility index (Phi) is 4.80. The second kappa shape index (κ2) is 7.81. The molecular weight excluding hydrogens is 454 g/mol. The monoisotopic (exact) mass is 479 g/mol. The lowest BCUT2D eigenvalue weighted by Crippen LogP contribution is -2.50. The molecule has 180 valence electrons. The van der Waals surface area contributed by atoms with Gasteiger partial charge in [0.2, 0.25) is 0 Å². The summed E-state index contributed by atoms with van der Waals surface area (Å²) in [5.41, 5.74) is 3.16. The predicted octanol–water partition coefficient (Wildman–Crippen LogP) is 5.21. The number of aromatic nitrogens is 1. The Morgan fingerprint density at radius 3 is 2.56 bits per heavy atom. The first kappa shape index (κ1) is 22.1. The molecule has 2 aliphatic rings. The van der Waals surface area contributed by atoms with Gasteiger partial charge in [0.05, 0.1) is 18.5 Å². The second-order valence-corrected chi connectivity index (χ2v) is 9.47. The number of hydrogen-bond acceptors (Lipinski definition) is 4. The van der Waals surface area contributed by atoms with Gasteiger partial charge in [-0.1, -0.05) is 48.5 Å². The van der Waals surface area contributed by atoms with Gasteiger partial charge < -0.3 is 14.6 Å². The maximum Gasteiger partial charge on any atom is 0.332 e. The molecule has 4 aromatic rings. The Labute approximate surface area is 208 Å². The minimum absolute atomic E-state index is 0.131. The molecule has 0 spiro atoms.